The number of pyridine rings is 1. The Labute approximate surface area is 350 Å². The summed E-state index contributed by atoms with van der Waals surface area (Å²) in [5, 5.41) is 16.6. The van der Waals surface area contributed by atoms with Crippen molar-refractivity contribution >= 4 is 34.7 Å². The van der Waals surface area contributed by atoms with Gasteiger partial charge in [0.15, 0.2) is 0 Å². The monoisotopic (exact) mass is 811 g/mol. The van der Waals surface area contributed by atoms with Crippen LogP contribution >= 0.6 is 0 Å². The van der Waals surface area contributed by atoms with E-state index in [4.69, 9.17) is 0 Å². The average Bonchev–Trinajstić information content (AvgIpc) is 3.61. The van der Waals surface area contributed by atoms with Gasteiger partial charge in [-0.3, -0.25) is 24.3 Å². The molecule has 2 N–H and O–H groups in total. The molecule has 60 heavy (non-hydrogen) atoms. The van der Waals surface area contributed by atoms with Gasteiger partial charge in [0.1, 0.15) is 12.2 Å². The third-order valence-corrected chi connectivity index (χ3v) is 11.4. The Morgan fingerprint density at radius 3 is 2.43 bits per heavy atom. The van der Waals surface area contributed by atoms with Gasteiger partial charge in [-0.15, -0.1) is 6.58 Å². The summed E-state index contributed by atoms with van der Waals surface area (Å²) in [6.07, 6.45) is 13.0. The van der Waals surface area contributed by atoms with Crippen molar-refractivity contribution in [1.82, 2.24) is 44.5 Å². The number of piperazine rings is 2. The van der Waals surface area contributed by atoms with E-state index in [1.165, 1.54) is 5.56 Å². The van der Waals surface area contributed by atoms with Gasteiger partial charge in [0.25, 0.3) is 5.91 Å². The Morgan fingerprint density at radius 2 is 1.72 bits per heavy atom. The molecule has 0 saturated carbocycles. The molecule has 5 heterocycles. The second-order valence-electron chi connectivity index (χ2n) is 15.3. The molecule has 0 aliphatic carbocycles. The highest BCUT2D eigenvalue weighted by Gasteiger charge is 2.51. The summed E-state index contributed by atoms with van der Waals surface area (Å²) in [4.78, 5) is 68.9. The zero-order valence-electron chi connectivity index (χ0n) is 34.1. The fourth-order valence-corrected chi connectivity index (χ4v) is 8.55. The third-order valence-electron chi connectivity index (χ3n) is 11.4. The molecule has 2 aromatic carbocycles. The molecule has 312 valence electrons. The Balaban J connectivity index is 1.18. The second-order valence-corrected chi connectivity index (χ2v) is 15.3. The number of nitrogens with zero attached hydrogens (tertiary/aromatic N) is 8. The van der Waals surface area contributed by atoms with Crippen molar-refractivity contribution < 1.29 is 24.3 Å². The van der Waals surface area contributed by atoms with Crippen LogP contribution in [-0.4, -0.2) is 133 Å². The fourth-order valence-electron chi connectivity index (χ4n) is 8.55. The van der Waals surface area contributed by atoms with Crippen LogP contribution in [0.4, 0.5) is 4.79 Å². The van der Waals surface area contributed by atoms with Crippen LogP contribution in [0.3, 0.4) is 0 Å². The van der Waals surface area contributed by atoms with E-state index >= 15 is 0 Å². The number of hydrogen-bond acceptors (Lipinski definition) is 8. The normalized spacial score (nSPS) is 19.3. The first-order chi connectivity index (χ1) is 29.2. The number of allylic oxidation sites excluding steroid dienone is 3. The van der Waals surface area contributed by atoms with Crippen molar-refractivity contribution in [2.24, 2.45) is 7.05 Å². The summed E-state index contributed by atoms with van der Waals surface area (Å²) in [6.45, 7) is 11.6. The minimum atomic E-state index is -0.969. The van der Waals surface area contributed by atoms with Crippen LogP contribution in [0.5, 0.6) is 0 Å². The lowest BCUT2D eigenvalue weighted by Gasteiger charge is -2.55. The standard InChI is InChI=1S/C46H53N9O5/c1-4-11-34(14-10-26-56)27-40-45(59)52(32-41-54(40)42(57)33-53(21-5-2)55(41)46(60)48-28-35-12-7-6-8-13-35)30-37-15-9-16-38-39(31-49(3)43(37)38)44(58)51-24-22-50(23-25-51)29-36-17-19-47-20-18-36/h4-20,31,40-41,56H,1-2,21-30,32-33H2,3H3,(H,48,60)/b14-10-,34-11+/t40-,41-/m0/s1. The van der Waals surface area contributed by atoms with Gasteiger partial charge in [-0.1, -0.05) is 85.5 Å². The summed E-state index contributed by atoms with van der Waals surface area (Å²) < 4.78 is 1.94. The Hall–Kier alpha value is -6.35. The molecule has 4 aromatic rings. The number of hydrogen-bond donors (Lipinski definition) is 2. The van der Waals surface area contributed by atoms with Crippen molar-refractivity contribution in [1.29, 1.82) is 0 Å². The molecule has 3 saturated heterocycles. The molecule has 0 bridgehead atoms. The van der Waals surface area contributed by atoms with Gasteiger partial charge in [0.2, 0.25) is 11.8 Å². The van der Waals surface area contributed by atoms with Gasteiger partial charge in [0, 0.05) is 89.8 Å². The number of amides is 5. The van der Waals surface area contributed by atoms with Crippen molar-refractivity contribution in [2.45, 2.75) is 38.3 Å². The molecular weight excluding hydrogens is 759 g/mol. The molecule has 2 atom stereocenters. The number of nitrogens with one attached hydrogen (secondary N) is 1. The molecule has 0 unspecified atom stereocenters. The second kappa shape index (κ2) is 19.1. The highest BCUT2D eigenvalue weighted by molar-refractivity contribution is 6.07. The number of fused-ring (bicyclic) bond motifs is 2. The van der Waals surface area contributed by atoms with Gasteiger partial charge in [0.05, 0.1) is 30.8 Å². The van der Waals surface area contributed by atoms with Crippen LogP contribution in [0.25, 0.3) is 10.9 Å². The number of carbonyl (C=O) groups is 4. The maximum absolute atomic E-state index is 14.8. The predicted molar refractivity (Wildman–Crippen MR) is 230 cm³/mol. The first kappa shape index (κ1) is 41.8. The van der Waals surface area contributed by atoms with Gasteiger partial charge in [-0.05, 0) is 34.4 Å². The maximum atomic E-state index is 14.8. The minimum Gasteiger partial charge on any atom is -0.392 e. The lowest BCUT2D eigenvalue weighted by atomic mass is 9.97. The quantitative estimate of drug-likeness (QED) is 0.144. The highest BCUT2D eigenvalue weighted by Crippen LogP contribution is 2.33. The smallest absolute Gasteiger partial charge is 0.334 e. The van der Waals surface area contributed by atoms with Crippen LogP contribution in [0.2, 0.25) is 0 Å². The molecular formula is C46H53N9O5. The van der Waals surface area contributed by atoms with Gasteiger partial charge >= 0.3 is 6.03 Å². The minimum absolute atomic E-state index is 0.0382. The van der Waals surface area contributed by atoms with E-state index < -0.39 is 18.2 Å². The Morgan fingerprint density at radius 1 is 0.950 bits per heavy atom. The number of para-hydroxylation sites is 1. The van der Waals surface area contributed by atoms with E-state index in [0.29, 0.717) is 24.2 Å². The number of rotatable bonds is 14. The van der Waals surface area contributed by atoms with E-state index in [2.05, 4.69) is 28.4 Å². The van der Waals surface area contributed by atoms with Gasteiger partial charge in [-0.25, -0.2) is 14.8 Å². The maximum Gasteiger partial charge on any atom is 0.334 e. The number of benzene rings is 2. The number of hydrazine groups is 1. The van der Waals surface area contributed by atoms with Crippen molar-refractivity contribution in [3.05, 3.63) is 151 Å². The number of aliphatic hydroxyl groups excluding tert-OH is 1. The molecule has 2 aromatic heterocycles. The molecule has 5 amide bonds. The molecule has 3 aliphatic heterocycles. The third kappa shape index (κ3) is 9.10. The van der Waals surface area contributed by atoms with Crippen LogP contribution in [0.15, 0.2) is 128 Å². The molecule has 0 radical (unpaired) electrons. The summed E-state index contributed by atoms with van der Waals surface area (Å²) in [7, 11) is 1.91. The predicted octanol–water partition coefficient (Wildman–Crippen LogP) is 4.08. The van der Waals surface area contributed by atoms with Crippen molar-refractivity contribution in [3.63, 3.8) is 0 Å². The lowest BCUT2D eigenvalue weighted by molar-refractivity contribution is -0.189. The number of aromatic nitrogens is 2. The van der Waals surface area contributed by atoms with E-state index in [9.17, 15) is 24.3 Å². The number of urea groups is 1. The first-order valence-corrected chi connectivity index (χ1v) is 20.3. The van der Waals surface area contributed by atoms with E-state index in [1.54, 1.807) is 62.6 Å². The van der Waals surface area contributed by atoms with Crippen LogP contribution in [-0.2, 0) is 36.3 Å². The number of carbonyl (C=O) groups excluding carboxylic acids is 4. The molecule has 14 heteroatoms. The summed E-state index contributed by atoms with van der Waals surface area (Å²) in [5.74, 6) is -0.605. The van der Waals surface area contributed by atoms with Gasteiger partial charge in [-0.2, -0.15) is 0 Å². The number of aliphatic hydroxyl groups is 1. The summed E-state index contributed by atoms with van der Waals surface area (Å²) in [5.41, 5.74) is 5.03. The molecule has 3 aliphatic rings. The Bertz CT molecular complexity index is 2270. The van der Waals surface area contributed by atoms with E-state index in [1.807, 2.05) is 83.4 Å². The number of aryl methyl sites for hydroxylation is 1. The van der Waals surface area contributed by atoms with E-state index in [0.717, 1.165) is 41.7 Å². The van der Waals surface area contributed by atoms with Crippen molar-refractivity contribution in [3.8, 4) is 0 Å². The Kier molecular flexibility index (Phi) is 13.3. The SMILES string of the molecule is C=C/C=C(\C=C/CO)C[C@H]1C(=O)N(Cc2cccc3c(C(=O)N4CCN(Cc5ccncc5)CC4)cn(C)c23)C[C@H]2N1C(=O)CN(CC=C)N2C(=O)NCc1ccccc1. The van der Waals surface area contributed by atoms with Crippen LogP contribution in [0.1, 0.15) is 33.5 Å². The zero-order valence-corrected chi connectivity index (χ0v) is 34.1. The lowest BCUT2D eigenvalue weighted by Crippen LogP contribution is -2.76. The van der Waals surface area contributed by atoms with Crippen molar-refractivity contribution in [2.75, 3.05) is 52.4 Å². The first-order valence-electron chi connectivity index (χ1n) is 20.3. The molecule has 7 rings (SSSR count). The van der Waals surface area contributed by atoms with E-state index in [-0.39, 0.29) is 63.5 Å². The highest BCUT2D eigenvalue weighted by atomic mass is 16.2. The summed E-state index contributed by atoms with van der Waals surface area (Å²) in [6, 6.07) is 18.0. The average molecular weight is 812 g/mol. The molecule has 3 fully saturated rings. The largest absolute Gasteiger partial charge is 0.392 e. The molecule has 0 spiro atoms. The van der Waals surface area contributed by atoms with Crippen LogP contribution < -0.4 is 5.32 Å². The fraction of sp³-hybridized carbons (Fsp3) is 0.326. The summed E-state index contributed by atoms with van der Waals surface area (Å²) >= 11 is 0. The van der Waals surface area contributed by atoms with Crippen LogP contribution in [0, 0.1) is 0 Å². The molecule has 14 nitrogen and oxygen atoms in total. The zero-order chi connectivity index (χ0) is 42.2. The topological polar surface area (TPSA) is 138 Å². The van der Waals surface area contributed by atoms with Gasteiger partial charge < -0.3 is 29.7 Å².